The average Bonchev–Trinajstić information content (AvgIpc) is 2.48. The maximum Gasteiger partial charge on any atom is 0.410 e. The lowest BCUT2D eigenvalue weighted by molar-refractivity contribution is -0.110. The van der Waals surface area contributed by atoms with Gasteiger partial charge in [0.2, 0.25) is 0 Å². The highest BCUT2D eigenvalue weighted by Gasteiger charge is 2.26. The van der Waals surface area contributed by atoms with Crippen molar-refractivity contribution in [2.24, 2.45) is 0 Å². The largest absolute Gasteiger partial charge is 0.444 e. The zero-order chi connectivity index (χ0) is 15.7. The fourth-order valence-electron chi connectivity index (χ4n) is 1.67. The Morgan fingerprint density at radius 1 is 1.33 bits per heavy atom. The van der Waals surface area contributed by atoms with E-state index in [0.717, 1.165) is 6.29 Å². The van der Waals surface area contributed by atoms with Crippen LogP contribution in [0, 0.1) is 0 Å². The Kier molecular flexibility index (Phi) is 6.81. The van der Waals surface area contributed by atoms with E-state index >= 15 is 0 Å². The molecule has 1 saturated heterocycles. The van der Waals surface area contributed by atoms with Gasteiger partial charge in [-0.1, -0.05) is 6.07 Å². The molecule has 21 heavy (non-hydrogen) atoms. The van der Waals surface area contributed by atoms with Crippen molar-refractivity contribution < 1.29 is 14.3 Å². The van der Waals surface area contributed by atoms with Gasteiger partial charge in [0.25, 0.3) is 0 Å². The quantitative estimate of drug-likeness (QED) is 0.794. The van der Waals surface area contributed by atoms with Crippen LogP contribution in [0.4, 0.5) is 4.79 Å². The molecule has 0 aromatic carbocycles. The standard InChI is InChI=1S/C10H18N2O3.C5H5N/c1-10(2,3)15-9(14)12-5-4-11-8(6-12)7-13;1-2-4-6-5-3-1/h7-8,11H,4-6H2,1-3H3;1-5H. The number of carbonyl (C=O) groups excluding carboxylic acids is 2. The van der Waals surface area contributed by atoms with Crippen molar-refractivity contribution in [3.05, 3.63) is 30.6 Å². The molecule has 0 aliphatic carbocycles. The van der Waals surface area contributed by atoms with Gasteiger partial charge < -0.3 is 19.7 Å². The van der Waals surface area contributed by atoms with Crippen molar-refractivity contribution >= 4 is 12.4 Å². The van der Waals surface area contributed by atoms with E-state index in [0.29, 0.717) is 19.6 Å². The fraction of sp³-hybridized carbons (Fsp3) is 0.533. The maximum atomic E-state index is 11.6. The minimum Gasteiger partial charge on any atom is -0.444 e. The molecule has 0 bridgehead atoms. The van der Waals surface area contributed by atoms with Gasteiger partial charge in [0.1, 0.15) is 11.9 Å². The van der Waals surface area contributed by atoms with Gasteiger partial charge in [0.05, 0.1) is 6.04 Å². The number of pyridine rings is 1. The Morgan fingerprint density at radius 2 is 2.00 bits per heavy atom. The summed E-state index contributed by atoms with van der Waals surface area (Å²) < 4.78 is 5.21. The molecular weight excluding hydrogens is 270 g/mol. The van der Waals surface area contributed by atoms with E-state index in [9.17, 15) is 9.59 Å². The van der Waals surface area contributed by atoms with Crippen molar-refractivity contribution in [2.45, 2.75) is 32.4 Å². The van der Waals surface area contributed by atoms with E-state index in [1.165, 1.54) is 0 Å². The lowest BCUT2D eigenvalue weighted by Crippen LogP contribution is -2.54. The van der Waals surface area contributed by atoms with Gasteiger partial charge in [-0.05, 0) is 32.9 Å². The first-order valence-electron chi connectivity index (χ1n) is 6.94. The molecule has 1 atom stereocenters. The lowest BCUT2D eigenvalue weighted by atomic mass is 10.2. The van der Waals surface area contributed by atoms with E-state index in [2.05, 4.69) is 10.3 Å². The van der Waals surface area contributed by atoms with Gasteiger partial charge in [0.15, 0.2) is 0 Å². The van der Waals surface area contributed by atoms with Crippen molar-refractivity contribution in [3.8, 4) is 0 Å². The number of carbonyl (C=O) groups is 2. The Labute approximate surface area is 125 Å². The first kappa shape index (κ1) is 17.1. The number of amides is 1. The lowest BCUT2D eigenvalue weighted by Gasteiger charge is -2.32. The minimum atomic E-state index is -0.487. The second-order valence-electron chi connectivity index (χ2n) is 5.65. The molecule has 0 radical (unpaired) electrons. The molecule has 1 N–H and O–H groups in total. The molecular formula is C15H23N3O3. The molecule has 0 spiro atoms. The second-order valence-corrected chi connectivity index (χ2v) is 5.65. The number of hydrogen-bond donors (Lipinski definition) is 1. The number of rotatable bonds is 1. The van der Waals surface area contributed by atoms with Gasteiger partial charge in [-0.3, -0.25) is 4.98 Å². The van der Waals surface area contributed by atoms with Crippen LogP contribution in [0.2, 0.25) is 0 Å². The van der Waals surface area contributed by atoms with Crippen molar-refractivity contribution in [1.29, 1.82) is 0 Å². The van der Waals surface area contributed by atoms with Crippen LogP contribution in [0.15, 0.2) is 30.6 Å². The number of nitrogens with zero attached hydrogens (tertiary/aromatic N) is 2. The van der Waals surface area contributed by atoms with Crippen molar-refractivity contribution in [1.82, 2.24) is 15.2 Å². The second kappa shape index (κ2) is 8.36. The molecule has 6 nitrogen and oxygen atoms in total. The normalized spacial score (nSPS) is 18.2. The highest BCUT2D eigenvalue weighted by atomic mass is 16.6. The van der Waals surface area contributed by atoms with Crippen LogP contribution < -0.4 is 5.32 Å². The predicted octanol–water partition coefficient (Wildman–Crippen LogP) is 1.48. The third-order valence-corrected chi connectivity index (χ3v) is 2.59. The molecule has 0 saturated carbocycles. The SMILES string of the molecule is CC(C)(C)OC(=O)N1CCNC(C=O)C1.c1ccncc1. The predicted molar refractivity (Wildman–Crippen MR) is 79.9 cm³/mol. The zero-order valence-electron chi connectivity index (χ0n) is 12.8. The topological polar surface area (TPSA) is 71.5 Å². The zero-order valence-corrected chi connectivity index (χ0v) is 12.8. The molecule has 116 valence electrons. The molecule has 1 aliphatic heterocycles. The number of ether oxygens (including phenoxy) is 1. The number of aldehydes is 1. The van der Waals surface area contributed by atoms with Gasteiger partial charge in [-0.2, -0.15) is 0 Å². The molecule has 2 heterocycles. The number of piperazine rings is 1. The van der Waals surface area contributed by atoms with Gasteiger partial charge in [-0.25, -0.2) is 4.79 Å². The molecule has 1 amide bonds. The number of nitrogens with one attached hydrogen (secondary N) is 1. The first-order chi connectivity index (χ1) is 9.92. The third kappa shape index (κ3) is 7.41. The molecule has 6 heteroatoms. The van der Waals surface area contributed by atoms with Crippen LogP contribution in [0.3, 0.4) is 0 Å². The minimum absolute atomic E-state index is 0.272. The highest BCUT2D eigenvalue weighted by Crippen LogP contribution is 2.10. The molecule has 1 aliphatic rings. The smallest absolute Gasteiger partial charge is 0.410 e. The van der Waals surface area contributed by atoms with Crippen LogP contribution in [-0.2, 0) is 9.53 Å². The average molecular weight is 293 g/mol. The summed E-state index contributed by atoms with van der Waals surface area (Å²) in [5.41, 5.74) is -0.487. The van der Waals surface area contributed by atoms with Gasteiger partial charge >= 0.3 is 6.09 Å². The van der Waals surface area contributed by atoms with E-state index < -0.39 is 5.60 Å². The summed E-state index contributed by atoms with van der Waals surface area (Å²) in [4.78, 5) is 27.5. The van der Waals surface area contributed by atoms with E-state index in [4.69, 9.17) is 4.74 Å². The Balaban J connectivity index is 0.000000304. The molecule has 1 fully saturated rings. The monoisotopic (exact) mass is 293 g/mol. The molecule has 1 unspecified atom stereocenters. The maximum absolute atomic E-state index is 11.6. The fourth-order valence-corrected chi connectivity index (χ4v) is 1.67. The van der Waals surface area contributed by atoms with Gasteiger partial charge in [0, 0.05) is 32.0 Å². The Bertz CT molecular complexity index is 405. The van der Waals surface area contributed by atoms with Crippen LogP contribution in [0.25, 0.3) is 0 Å². The number of aromatic nitrogens is 1. The summed E-state index contributed by atoms with van der Waals surface area (Å²) in [6, 6.07) is 5.44. The van der Waals surface area contributed by atoms with E-state index in [1.54, 1.807) is 17.3 Å². The Morgan fingerprint density at radius 3 is 2.43 bits per heavy atom. The molecule has 1 aromatic heterocycles. The van der Waals surface area contributed by atoms with E-state index in [-0.39, 0.29) is 12.1 Å². The first-order valence-corrected chi connectivity index (χ1v) is 6.94. The molecule has 1 aromatic rings. The summed E-state index contributed by atoms with van der Waals surface area (Å²) in [6.45, 7) is 7.07. The molecule has 2 rings (SSSR count). The Hall–Kier alpha value is -1.95. The van der Waals surface area contributed by atoms with Crippen LogP contribution in [0.1, 0.15) is 20.8 Å². The van der Waals surface area contributed by atoms with Crippen molar-refractivity contribution in [3.63, 3.8) is 0 Å². The van der Waals surface area contributed by atoms with Crippen LogP contribution in [0.5, 0.6) is 0 Å². The third-order valence-electron chi connectivity index (χ3n) is 2.59. The summed E-state index contributed by atoms with van der Waals surface area (Å²) >= 11 is 0. The van der Waals surface area contributed by atoms with Crippen molar-refractivity contribution in [2.75, 3.05) is 19.6 Å². The summed E-state index contributed by atoms with van der Waals surface area (Å²) in [7, 11) is 0. The summed E-state index contributed by atoms with van der Waals surface area (Å²) in [5, 5.41) is 3.00. The highest BCUT2D eigenvalue weighted by molar-refractivity contribution is 5.70. The van der Waals surface area contributed by atoms with Crippen LogP contribution in [-0.4, -0.2) is 53.5 Å². The number of hydrogen-bond acceptors (Lipinski definition) is 5. The van der Waals surface area contributed by atoms with E-state index in [1.807, 2.05) is 39.0 Å². The van der Waals surface area contributed by atoms with Crippen LogP contribution >= 0.6 is 0 Å². The van der Waals surface area contributed by atoms with Gasteiger partial charge in [-0.15, -0.1) is 0 Å². The summed E-state index contributed by atoms with van der Waals surface area (Å²) in [6.07, 6.45) is 3.96. The summed E-state index contributed by atoms with van der Waals surface area (Å²) in [5.74, 6) is 0.